The van der Waals surface area contributed by atoms with E-state index in [1.807, 2.05) is 0 Å². The van der Waals surface area contributed by atoms with E-state index in [4.69, 9.17) is 10.3 Å². The molecule has 5 aliphatic rings. The number of fused-ring (bicyclic) bond motifs is 5. The average molecular weight is 499 g/mol. The highest BCUT2D eigenvalue weighted by molar-refractivity contribution is 5.76. The molecule has 0 bridgehead atoms. The molecule has 0 unspecified atom stereocenters. The topological polar surface area (TPSA) is 104 Å². The van der Waals surface area contributed by atoms with Gasteiger partial charge in [-0.05, 0) is 117 Å². The number of hydrogen-bond donors (Lipinski definition) is 1. The molecule has 5 saturated carbocycles. The third-order valence-electron chi connectivity index (χ3n) is 11.7. The molecule has 0 aromatic rings. The molecule has 1 amide bonds. The van der Waals surface area contributed by atoms with E-state index >= 15 is 0 Å². The Kier molecular flexibility index (Phi) is 7.08. The minimum Gasteiger partial charge on any atom is -0.462 e. The normalized spacial score (nSPS) is 44.3. The minimum absolute atomic E-state index is 0.0293. The van der Waals surface area contributed by atoms with Gasteiger partial charge >= 0.3 is 5.97 Å². The molecule has 36 heavy (non-hydrogen) atoms. The number of hydrogen-bond acceptors (Lipinski definition) is 4. The van der Waals surface area contributed by atoms with Gasteiger partial charge in [0.05, 0.1) is 0 Å². The Morgan fingerprint density at radius 2 is 1.78 bits per heavy atom. The first-order chi connectivity index (χ1) is 17.2. The van der Waals surface area contributed by atoms with Crippen LogP contribution in [0.2, 0.25) is 0 Å². The van der Waals surface area contributed by atoms with Gasteiger partial charge in [0.1, 0.15) is 6.10 Å². The van der Waals surface area contributed by atoms with E-state index in [0.29, 0.717) is 48.0 Å². The number of amides is 1. The van der Waals surface area contributed by atoms with Gasteiger partial charge < -0.3 is 10.1 Å². The van der Waals surface area contributed by atoms with Crippen LogP contribution in [0, 0.1) is 46.3 Å². The maximum absolute atomic E-state index is 12.4. The number of carbonyl (C=O) groups is 2. The molecule has 0 aliphatic heterocycles. The van der Waals surface area contributed by atoms with E-state index in [-0.39, 0.29) is 34.9 Å². The predicted molar refractivity (Wildman–Crippen MR) is 139 cm³/mol. The van der Waals surface area contributed by atoms with Crippen molar-refractivity contribution in [1.29, 1.82) is 0 Å². The van der Waals surface area contributed by atoms with Crippen LogP contribution in [0.4, 0.5) is 0 Å². The molecule has 7 nitrogen and oxygen atoms in total. The maximum Gasteiger partial charge on any atom is 0.302 e. The second-order valence-electron chi connectivity index (χ2n) is 13.6. The van der Waals surface area contributed by atoms with Crippen molar-refractivity contribution >= 4 is 11.9 Å². The molecule has 1 N–H and O–H groups in total. The lowest BCUT2D eigenvalue weighted by Crippen LogP contribution is -2.59. The Morgan fingerprint density at radius 1 is 1.06 bits per heavy atom. The molecule has 0 aromatic heterocycles. The molecule has 0 heterocycles. The summed E-state index contributed by atoms with van der Waals surface area (Å²) in [6, 6.07) is 0.512. The fraction of sp³-hybridized carbons (Fsp3) is 0.931. The summed E-state index contributed by atoms with van der Waals surface area (Å²) in [6.45, 7) is 8.93. The second kappa shape index (κ2) is 9.85. The van der Waals surface area contributed by atoms with E-state index < -0.39 is 0 Å². The van der Waals surface area contributed by atoms with Gasteiger partial charge in [0.15, 0.2) is 0 Å². The molecule has 0 saturated heterocycles. The second-order valence-corrected chi connectivity index (χ2v) is 13.6. The summed E-state index contributed by atoms with van der Waals surface area (Å²) in [5, 5.41) is 7.24. The molecule has 5 aliphatic carbocycles. The van der Waals surface area contributed by atoms with Gasteiger partial charge in [-0.15, -0.1) is 0 Å². The average Bonchev–Trinajstić information content (AvgIpc) is 3.56. The smallest absolute Gasteiger partial charge is 0.302 e. The lowest BCUT2D eigenvalue weighted by Gasteiger charge is -2.62. The van der Waals surface area contributed by atoms with Gasteiger partial charge in [-0.1, -0.05) is 25.9 Å². The number of nitrogens with one attached hydrogen (secondary N) is 1. The molecule has 5 rings (SSSR count). The van der Waals surface area contributed by atoms with Crippen LogP contribution in [-0.2, 0) is 14.3 Å². The lowest BCUT2D eigenvalue weighted by atomic mass is 9.43. The van der Waals surface area contributed by atoms with Crippen LogP contribution < -0.4 is 5.32 Å². The molecule has 0 spiro atoms. The number of ether oxygens (including phenoxy) is 1. The summed E-state index contributed by atoms with van der Waals surface area (Å²) < 4.78 is 6.13. The summed E-state index contributed by atoms with van der Waals surface area (Å²) in [6.07, 6.45) is 12.6. The van der Waals surface area contributed by atoms with E-state index in [0.717, 1.165) is 44.9 Å². The number of nitrogens with zero attached hydrogens (tertiary/aromatic N) is 3. The van der Waals surface area contributed by atoms with Crippen molar-refractivity contribution in [3.63, 3.8) is 0 Å². The molecule has 0 aromatic carbocycles. The molecule has 5 fully saturated rings. The summed E-state index contributed by atoms with van der Waals surface area (Å²) >= 11 is 0. The van der Waals surface area contributed by atoms with Crippen LogP contribution >= 0.6 is 0 Å². The highest BCUT2D eigenvalue weighted by atomic mass is 16.5. The highest BCUT2D eigenvalue weighted by Gasteiger charge is 2.63. The van der Waals surface area contributed by atoms with Crippen molar-refractivity contribution in [2.75, 3.05) is 0 Å². The van der Waals surface area contributed by atoms with Crippen molar-refractivity contribution in [3.05, 3.63) is 10.4 Å². The zero-order chi connectivity index (χ0) is 25.7. The predicted octanol–water partition coefficient (Wildman–Crippen LogP) is 6.56. The molecule has 0 radical (unpaired) electrons. The van der Waals surface area contributed by atoms with Crippen molar-refractivity contribution in [3.8, 4) is 0 Å². The molecule has 10 atom stereocenters. The van der Waals surface area contributed by atoms with Gasteiger partial charge in [-0.2, -0.15) is 0 Å². The fourth-order valence-corrected chi connectivity index (χ4v) is 9.75. The third kappa shape index (κ3) is 4.66. The van der Waals surface area contributed by atoms with Crippen LogP contribution in [0.25, 0.3) is 10.4 Å². The number of rotatable bonds is 7. The van der Waals surface area contributed by atoms with Gasteiger partial charge in [0.25, 0.3) is 0 Å². The lowest BCUT2D eigenvalue weighted by molar-refractivity contribution is -0.189. The van der Waals surface area contributed by atoms with Gasteiger partial charge in [-0.3, -0.25) is 9.59 Å². The Morgan fingerprint density at radius 3 is 2.47 bits per heavy atom. The Labute approximate surface area is 216 Å². The molecule has 200 valence electrons. The Hall–Kier alpha value is -1.75. The summed E-state index contributed by atoms with van der Waals surface area (Å²) in [4.78, 5) is 27.7. The van der Waals surface area contributed by atoms with Crippen molar-refractivity contribution < 1.29 is 14.3 Å². The van der Waals surface area contributed by atoms with Gasteiger partial charge in [0.2, 0.25) is 5.91 Å². The largest absolute Gasteiger partial charge is 0.462 e. The highest BCUT2D eigenvalue weighted by Crippen LogP contribution is 2.68. The van der Waals surface area contributed by atoms with E-state index in [1.165, 1.54) is 25.7 Å². The zero-order valence-corrected chi connectivity index (χ0v) is 22.7. The van der Waals surface area contributed by atoms with Crippen LogP contribution in [-0.4, -0.2) is 30.1 Å². The number of carbonyl (C=O) groups excluding carboxylic acids is 2. The first-order valence-electron chi connectivity index (χ1n) is 14.7. The first kappa shape index (κ1) is 25.9. The summed E-state index contributed by atoms with van der Waals surface area (Å²) in [7, 11) is 0. The fourth-order valence-electron chi connectivity index (χ4n) is 9.75. The van der Waals surface area contributed by atoms with Crippen molar-refractivity contribution in [2.45, 2.75) is 123 Å². The molecular weight excluding hydrogens is 452 g/mol. The third-order valence-corrected chi connectivity index (χ3v) is 11.7. The maximum atomic E-state index is 12.4. The summed E-state index contributed by atoms with van der Waals surface area (Å²) in [5.74, 6) is 3.20. The van der Waals surface area contributed by atoms with Crippen molar-refractivity contribution in [1.82, 2.24) is 5.32 Å². The van der Waals surface area contributed by atoms with Gasteiger partial charge in [-0.25, -0.2) is 0 Å². The zero-order valence-electron chi connectivity index (χ0n) is 22.7. The van der Waals surface area contributed by atoms with Crippen molar-refractivity contribution in [2.24, 2.45) is 51.5 Å². The standard InChI is InChI=1S/C29H46N4O3/c1-17(5-10-26(35)31-20-6-7-20)22-8-9-23-27-24(12-14-29(22,23)4)28(3)13-11-21(32-33-30)15-19(28)16-25(27)36-18(2)34/h17,19-25,27H,5-16H2,1-4H3,(H,31,35)/t17-,19+,21+,22-,23+,24+,25-,27+,28+,29-/m1/s1. The molecular formula is C29H46N4O3. The van der Waals surface area contributed by atoms with Crippen LogP contribution in [0.5, 0.6) is 0 Å². The summed E-state index contributed by atoms with van der Waals surface area (Å²) in [5.41, 5.74) is 9.49. The van der Waals surface area contributed by atoms with E-state index in [9.17, 15) is 9.59 Å². The number of azide groups is 1. The van der Waals surface area contributed by atoms with E-state index in [2.05, 4.69) is 36.1 Å². The molecule has 7 heteroatoms. The number of esters is 1. The minimum atomic E-state index is -0.165. The Balaban J connectivity index is 1.34. The van der Waals surface area contributed by atoms with Crippen LogP contribution in [0.3, 0.4) is 0 Å². The van der Waals surface area contributed by atoms with E-state index in [1.54, 1.807) is 6.92 Å². The first-order valence-corrected chi connectivity index (χ1v) is 14.7. The van der Waals surface area contributed by atoms with Crippen LogP contribution in [0.1, 0.15) is 105 Å². The van der Waals surface area contributed by atoms with Crippen LogP contribution in [0.15, 0.2) is 5.11 Å². The van der Waals surface area contributed by atoms with Gasteiger partial charge in [0, 0.05) is 36.3 Å². The Bertz CT molecular complexity index is 914. The monoisotopic (exact) mass is 498 g/mol. The quantitative estimate of drug-likeness (QED) is 0.186. The SMILES string of the molecule is CC(=O)O[C@@H]1C[C@@H]2C[C@@H](N=[N+]=[N-])CC[C@]2(C)[C@H]2CC[C@]3(C)[C@@H]([C@H](C)CCC(=O)NC4CC4)CC[C@H]3[C@H]12.